The van der Waals surface area contributed by atoms with E-state index in [0.717, 1.165) is 16.3 Å². The van der Waals surface area contributed by atoms with Gasteiger partial charge in [0.15, 0.2) is 0 Å². The summed E-state index contributed by atoms with van der Waals surface area (Å²) in [5, 5.41) is 6.82. The number of nitrogens with zero attached hydrogens (tertiary/aromatic N) is 3. The molecule has 3 aromatic rings. The van der Waals surface area contributed by atoms with Crippen molar-refractivity contribution < 1.29 is 14.3 Å². The van der Waals surface area contributed by atoms with Crippen LogP contribution >= 0.6 is 22.9 Å². The Bertz CT molecular complexity index is 1030. The number of piperidine rings is 1. The Labute approximate surface area is 184 Å². The fourth-order valence-corrected chi connectivity index (χ4v) is 4.59. The van der Waals surface area contributed by atoms with Gasteiger partial charge in [0.05, 0.1) is 22.2 Å². The number of rotatable bonds is 5. The first-order chi connectivity index (χ1) is 14.5. The van der Waals surface area contributed by atoms with Gasteiger partial charge in [-0.2, -0.15) is 5.10 Å². The first kappa shape index (κ1) is 20.6. The number of ether oxygens (including phenoxy) is 1. The maximum atomic E-state index is 12.6. The third kappa shape index (κ3) is 4.27. The first-order valence-electron chi connectivity index (χ1n) is 9.83. The fourth-order valence-electron chi connectivity index (χ4n) is 3.57. The molecule has 8 heteroatoms. The molecule has 156 valence electrons. The summed E-state index contributed by atoms with van der Waals surface area (Å²) < 4.78 is 7.22. The lowest BCUT2D eigenvalue weighted by Gasteiger charge is -2.30. The zero-order valence-corrected chi connectivity index (χ0v) is 18.2. The Hall–Kier alpha value is -2.64. The van der Waals surface area contributed by atoms with E-state index < -0.39 is 0 Å². The van der Waals surface area contributed by atoms with Crippen molar-refractivity contribution in [2.75, 3.05) is 13.1 Å². The maximum absolute atomic E-state index is 12.6. The van der Waals surface area contributed by atoms with Crippen LogP contribution in [0.1, 0.15) is 33.8 Å². The predicted molar refractivity (Wildman–Crippen MR) is 116 cm³/mol. The topological polar surface area (TPSA) is 64.4 Å². The van der Waals surface area contributed by atoms with Gasteiger partial charge in [0.1, 0.15) is 11.8 Å². The van der Waals surface area contributed by atoms with Crippen LogP contribution in [0, 0.1) is 12.8 Å². The van der Waals surface area contributed by atoms with Gasteiger partial charge in [0.25, 0.3) is 5.91 Å². The molecule has 0 aliphatic carbocycles. The number of likely N-dealkylation sites (tertiary alicyclic amines) is 1. The highest BCUT2D eigenvalue weighted by Crippen LogP contribution is 2.26. The van der Waals surface area contributed by atoms with Crippen LogP contribution in [0.3, 0.4) is 0 Å². The number of halogens is 1. The molecule has 6 nitrogen and oxygen atoms in total. The summed E-state index contributed by atoms with van der Waals surface area (Å²) in [5.41, 5.74) is 2.29. The van der Waals surface area contributed by atoms with Crippen molar-refractivity contribution in [1.82, 2.24) is 14.7 Å². The molecular formula is C22H22ClN3O3S. The Morgan fingerprint density at radius 1 is 1.17 bits per heavy atom. The van der Waals surface area contributed by atoms with Crippen molar-refractivity contribution in [3.8, 4) is 5.69 Å². The number of hydrogen-bond donors (Lipinski definition) is 0. The molecule has 1 aromatic carbocycles. The molecule has 0 radical (unpaired) electrons. The van der Waals surface area contributed by atoms with Gasteiger partial charge in [-0.25, -0.2) is 4.68 Å². The molecular weight excluding hydrogens is 422 g/mol. The van der Waals surface area contributed by atoms with Gasteiger partial charge in [0.2, 0.25) is 0 Å². The molecule has 4 rings (SSSR count). The molecule has 30 heavy (non-hydrogen) atoms. The largest absolute Gasteiger partial charge is 0.460 e. The van der Waals surface area contributed by atoms with E-state index in [1.54, 1.807) is 9.58 Å². The summed E-state index contributed by atoms with van der Waals surface area (Å²) in [5.74, 6) is -0.422. The summed E-state index contributed by atoms with van der Waals surface area (Å²) in [7, 11) is 0. The molecule has 0 unspecified atom stereocenters. The number of carbonyl (C=O) groups excluding carboxylic acids is 2. The second-order valence-electron chi connectivity index (χ2n) is 7.25. The zero-order valence-electron chi connectivity index (χ0n) is 16.6. The monoisotopic (exact) mass is 443 g/mol. The third-order valence-corrected chi connectivity index (χ3v) is 6.57. The van der Waals surface area contributed by atoms with Crippen LogP contribution in [-0.2, 0) is 16.1 Å². The number of para-hydroxylation sites is 1. The highest BCUT2D eigenvalue weighted by molar-refractivity contribution is 7.12. The second-order valence-corrected chi connectivity index (χ2v) is 8.56. The van der Waals surface area contributed by atoms with E-state index in [-0.39, 0.29) is 24.4 Å². The van der Waals surface area contributed by atoms with Crippen LogP contribution in [-0.4, -0.2) is 39.6 Å². The Balaban J connectivity index is 1.34. The van der Waals surface area contributed by atoms with Crippen molar-refractivity contribution in [3.63, 3.8) is 0 Å². The number of hydrogen-bond acceptors (Lipinski definition) is 5. The smallest absolute Gasteiger partial charge is 0.309 e. The van der Waals surface area contributed by atoms with E-state index in [0.29, 0.717) is 36.6 Å². The Morgan fingerprint density at radius 2 is 1.90 bits per heavy atom. The summed E-state index contributed by atoms with van der Waals surface area (Å²) >= 11 is 7.94. The molecule has 1 saturated heterocycles. The summed E-state index contributed by atoms with van der Waals surface area (Å²) in [6, 6.07) is 13.3. The highest BCUT2D eigenvalue weighted by atomic mass is 35.5. The minimum Gasteiger partial charge on any atom is -0.460 e. The van der Waals surface area contributed by atoms with Gasteiger partial charge in [-0.15, -0.1) is 11.3 Å². The quantitative estimate of drug-likeness (QED) is 0.545. The van der Waals surface area contributed by atoms with Gasteiger partial charge in [-0.1, -0.05) is 35.9 Å². The minimum absolute atomic E-state index is 0.0348. The van der Waals surface area contributed by atoms with Gasteiger partial charge in [0, 0.05) is 18.7 Å². The molecule has 1 fully saturated rings. The lowest BCUT2D eigenvalue weighted by atomic mass is 9.97. The summed E-state index contributed by atoms with van der Waals surface area (Å²) in [6.45, 7) is 3.05. The number of aromatic nitrogens is 2. The number of thiophene rings is 1. The van der Waals surface area contributed by atoms with Crippen molar-refractivity contribution in [3.05, 3.63) is 69.1 Å². The molecule has 0 atom stereocenters. The van der Waals surface area contributed by atoms with Crippen LogP contribution in [0.4, 0.5) is 0 Å². The van der Waals surface area contributed by atoms with Crippen molar-refractivity contribution >= 4 is 34.8 Å². The molecule has 0 N–H and O–H groups in total. The van der Waals surface area contributed by atoms with Gasteiger partial charge in [-0.05, 0) is 43.3 Å². The summed E-state index contributed by atoms with van der Waals surface area (Å²) in [6.07, 6.45) is 1.21. The first-order valence-corrected chi connectivity index (χ1v) is 11.1. The van der Waals surface area contributed by atoms with E-state index >= 15 is 0 Å². The highest BCUT2D eigenvalue weighted by Gasteiger charge is 2.29. The van der Waals surface area contributed by atoms with Crippen molar-refractivity contribution in [2.45, 2.75) is 26.4 Å². The predicted octanol–water partition coefficient (Wildman–Crippen LogP) is 4.49. The van der Waals surface area contributed by atoms with Crippen molar-refractivity contribution in [2.24, 2.45) is 5.92 Å². The number of carbonyl (C=O) groups is 2. The van der Waals surface area contributed by atoms with Gasteiger partial charge < -0.3 is 9.64 Å². The van der Waals surface area contributed by atoms with E-state index in [9.17, 15) is 9.59 Å². The SMILES string of the molecule is Cc1nn(-c2ccccc2)c(Cl)c1COC(=O)C1CCN(C(=O)c2cccs2)CC1. The molecule has 1 aliphatic rings. The molecule has 0 saturated carbocycles. The average Bonchev–Trinajstić information content (AvgIpc) is 3.41. The standard InChI is InChI=1S/C22H22ClN3O3S/c1-15-18(20(23)26(24-15)17-6-3-2-4-7-17)14-29-22(28)16-9-11-25(12-10-16)21(27)19-8-5-13-30-19/h2-8,13,16H,9-12,14H2,1H3. The number of amides is 1. The molecule has 0 spiro atoms. The fraction of sp³-hybridized carbons (Fsp3) is 0.318. The van der Waals surface area contributed by atoms with Gasteiger partial charge >= 0.3 is 5.97 Å². The molecule has 1 amide bonds. The zero-order chi connectivity index (χ0) is 21.1. The van der Waals surface area contributed by atoms with E-state index in [2.05, 4.69) is 5.10 Å². The average molecular weight is 444 g/mol. The minimum atomic E-state index is -0.249. The van der Waals surface area contributed by atoms with Crippen LogP contribution in [0.25, 0.3) is 5.69 Å². The normalized spacial score (nSPS) is 14.7. The van der Waals surface area contributed by atoms with Crippen LogP contribution in [0.2, 0.25) is 5.15 Å². The van der Waals surface area contributed by atoms with Crippen LogP contribution < -0.4 is 0 Å². The van der Waals surface area contributed by atoms with Crippen LogP contribution in [0.15, 0.2) is 47.8 Å². The number of esters is 1. The van der Waals surface area contributed by atoms with E-state index in [1.807, 2.05) is 54.8 Å². The lowest BCUT2D eigenvalue weighted by molar-refractivity contribution is -0.151. The molecule has 3 heterocycles. The number of benzene rings is 1. The van der Waals surface area contributed by atoms with Crippen molar-refractivity contribution in [1.29, 1.82) is 0 Å². The Morgan fingerprint density at radius 3 is 2.57 bits per heavy atom. The lowest BCUT2D eigenvalue weighted by Crippen LogP contribution is -2.40. The van der Waals surface area contributed by atoms with E-state index in [4.69, 9.17) is 16.3 Å². The number of aryl methyl sites for hydroxylation is 1. The summed E-state index contributed by atoms with van der Waals surface area (Å²) in [4.78, 5) is 27.6. The maximum Gasteiger partial charge on any atom is 0.309 e. The Kier molecular flexibility index (Phi) is 6.20. The molecule has 2 aromatic heterocycles. The molecule has 1 aliphatic heterocycles. The van der Waals surface area contributed by atoms with Crippen LogP contribution in [0.5, 0.6) is 0 Å². The third-order valence-electron chi connectivity index (χ3n) is 5.33. The van der Waals surface area contributed by atoms with E-state index in [1.165, 1.54) is 11.3 Å². The van der Waals surface area contributed by atoms with Gasteiger partial charge in [-0.3, -0.25) is 9.59 Å². The molecule has 0 bridgehead atoms. The second kappa shape index (κ2) is 9.02.